The molecule has 4 heteroatoms. The molecule has 0 aliphatic heterocycles. The van der Waals surface area contributed by atoms with E-state index in [1.807, 2.05) is 6.07 Å². The van der Waals surface area contributed by atoms with E-state index in [2.05, 4.69) is 20.6 Å². The number of hydrogen-bond acceptors (Lipinski definition) is 3. The van der Waals surface area contributed by atoms with Crippen molar-refractivity contribution in [3.63, 3.8) is 0 Å². The van der Waals surface area contributed by atoms with Gasteiger partial charge in [-0.05, 0) is 31.5 Å². The zero-order chi connectivity index (χ0) is 10.3. The molecule has 2 aromatic heterocycles. The smallest absolute Gasteiger partial charge is 0.177 e. The average Bonchev–Trinajstić information content (AvgIpc) is 3.01. The summed E-state index contributed by atoms with van der Waals surface area (Å²) in [5.74, 6) is 1.09. The molecule has 0 aromatic carbocycles. The zero-order valence-corrected chi connectivity index (χ0v) is 8.56. The van der Waals surface area contributed by atoms with Crippen molar-refractivity contribution in [2.75, 3.05) is 6.54 Å². The van der Waals surface area contributed by atoms with Crippen LogP contribution in [0.15, 0.2) is 18.3 Å². The summed E-state index contributed by atoms with van der Waals surface area (Å²) in [4.78, 5) is 8.82. The van der Waals surface area contributed by atoms with E-state index in [1.165, 1.54) is 12.8 Å². The summed E-state index contributed by atoms with van der Waals surface area (Å²) in [5.41, 5.74) is 7.61. The van der Waals surface area contributed by atoms with Gasteiger partial charge in [-0.25, -0.2) is 9.97 Å². The van der Waals surface area contributed by atoms with Crippen LogP contribution in [0.1, 0.15) is 24.7 Å². The Labute approximate surface area is 88.1 Å². The van der Waals surface area contributed by atoms with Crippen molar-refractivity contribution >= 4 is 11.2 Å². The van der Waals surface area contributed by atoms with E-state index in [9.17, 15) is 0 Å². The molecule has 2 N–H and O–H groups in total. The first kappa shape index (κ1) is 8.85. The summed E-state index contributed by atoms with van der Waals surface area (Å²) < 4.78 is 2.31. The van der Waals surface area contributed by atoms with Crippen molar-refractivity contribution in [2.24, 2.45) is 5.73 Å². The molecule has 0 amide bonds. The number of fused-ring (bicyclic) bond motifs is 1. The third-order valence-corrected chi connectivity index (χ3v) is 2.82. The zero-order valence-electron chi connectivity index (χ0n) is 8.56. The van der Waals surface area contributed by atoms with Crippen LogP contribution in [0.5, 0.6) is 0 Å². The van der Waals surface area contributed by atoms with Gasteiger partial charge in [0.1, 0.15) is 5.82 Å². The number of hydrogen-bond donors (Lipinski definition) is 1. The fourth-order valence-electron chi connectivity index (χ4n) is 2.02. The Balaban J connectivity index is 2.19. The van der Waals surface area contributed by atoms with Gasteiger partial charge in [-0.15, -0.1) is 0 Å². The van der Waals surface area contributed by atoms with Crippen molar-refractivity contribution in [3.05, 3.63) is 24.2 Å². The first-order valence-corrected chi connectivity index (χ1v) is 5.42. The summed E-state index contributed by atoms with van der Waals surface area (Å²) in [6.07, 6.45) is 5.15. The summed E-state index contributed by atoms with van der Waals surface area (Å²) in [7, 11) is 0. The Morgan fingerprint density at radius 1 is 1.47 bits per heavy atom. The van der Waals surface area contributed by atoms with Crippen LogP contribution in [-0.2, 0) is 6.42 Å². The molecule has 2 heterocycles. The molecule has 1 saturated carbocycles. The van der Waals surface area contributed by atoms with Gasteiger partial charge >= 0.3 is 0 Å². The van der Waals surface area contributed by atoms with Crippen molar-refractivity contribution in [2.45, 2.75) is 25.3 Å². The lowest BCUT2D eigenvalue weighted by Gasteiger charge is -2.05. The molecule has 15 heavy (non-hydrogen) atoms. The second-order valence-corrected chi connectivity index (χ2v) is 4.01. The third kappa shape index (κ3) is 1.41. The highest BCUT2D eigenvalue weighted by molar-refractivity contribution is 5.71. The van der Waals surface area contributed by atoms with Crippen LogP contribution in [-0.4, -0.2) is 21.1 Å². The monoisotopic (exact) mass is 202 g/mol. The van der Waals surface area contributed by atoms with Crippen LogP contribution >= 0.6 is 0 Å². The molecule has 2 aromatic rings. The Morgan fingerprint density at radius 2 is 2.33 bits per heavy atom. The number of nitrogens with two attached hydrogens (primary N) is 1. The molecule has 0 spiro atoms. The minimum atomic E-state index is 0.640. The first-order chi connectivity index (χ1) is 7.40. The van der Waals surface area contributed by atoms with E-state index >= 15 is 0 Å². The van der Waals surface area contributed by atoms with Gasteiger partial charge in [0.15, 0.2) is 5.65 Å². The van der Waals surface area contributed by atoms with E-state index in [0.717, 1.165) is 23.4 Å². The van der Waals surface area contributed by atoms with Crippen LogP contribution in [0.2, 0.25) is 0 Å². The summed E-state index contributed by atoms with van der Waals surface area (Å²) >= 11 is 0. The van der Waals surface area contributed by atoms with E-state index in [1.54, 1.807) is 6.20 Å². The fourth-order valence-corrected chi connectivity index (χ4v) is 2.02. The number of rotatable bonds is 3. The van der Waals surface area contributed by atoms with Crippen molar-refractivity contribution < 1.29 is 0 Å². The number of pyridine rings is 1. The molecular weight excluding hydrogens is 188 g/mol. The summed E-state index contributed by atoms with van der Waals surface area (Å²) in [5, 5.41) is 0. The van der Waals surface area contributed by atoms with E-state index in [0.29, 0.717) is 12.6 Å². The maximum atomic E-state index is 5.60. The van der Waals surface area contributed by atoms with E-state index < -0.39 is 0 Å². The molecule has 0 atom stereocenters. The number of imidazole rings is 1. The summed E-state index contributed by atoms with van der Waals surface area (Å²) in [6, 6.07) is 4.70. The highest BCUT2D eigenvalue weighted by atomic mass is 15.2. The third-order valence-electron chi connectivity index (χ3n) is 2.82. The molecule has 78 valence electrons. The minimum Gasteiger partial charge on any atom is -0.330 e. The maximum absolute atomic E-state index is 5.60. The summed E-state index contributed by atoms with van der Waals surface area (Å²) in [6.45, 7) is 0.649. The molecule has 1 aliphatic rings. The Hall–Kier alpha value is -1.42. The van der Waals surface area contributed by atoms with Gasteiger partial charge < -0.3 is 10.3 Å². The van der Waals surface area contributed by atoms with E-state index in [4.69, 9.17) is 5.73 Å². The van der Waals surface area contributed by atoms with Crippen LogP contribution < -0.4 is 5.73 Å². The average molecular weight is 202 g/mol. The van der Waals surface area contributed by atoms with Gasteiger partial charge in [-0.2, -0.15) is 0 Å². The maximum Gasteiger partial charge on any atom is 0.177 e. The van der Waals surface area contributed by atoms with Gasteiger partial charge in [0, 0.05) is 18.7 Å². The quantitative estimate of drug-likeness (QED) is 0.815. The predicted molar refractivity (Wildman–Crippen MR) is 58.6 cm³/mol. The van der Waals surface area contributed by atoms with Gasteiger partial charge in [-0.1, -0.05) is 0 Å². The van der Waals surface area contributed by atoms with E-state index in [-0.39, 0.29) is 0 Å². The predicted octanol–water partition coefficient (Wildman–Crippen LogP) is 1.27. The highest BCUT2D eigenvalue weighted by Gasteiger charge is 2.27. The Morgan fingerprint density at radius 3 is 3.07 bits per heavy atom. The standard InChI is InChI=1S/C11H14N4/c12-6-5-10-14-11-9(2-1-7-13-11)15(10)8-3-4-8/h1-2,7-8H,3-6,12H2. The normalized spacial score (nSPS) is 16.1. The fraction of sp³-hybridized carbons (Fsp3) is 0.455. The minimum absolute atomic E-state index is 0.640. The second-order valence-electron chi connectivity index (χ2n) is 4.01. The van der Waals surface area contributed by atoms with Crippen LogP contribution in [0.4, 0.5) is 0 Å². The van der Waals surface area contributed by atoms with Crippen LogP contribution in [0.25, 0.3) is 11.2 Å². The lowest BCUT2D eigenvalue weighted by molar-refractivity contribution is 0.696. The van der Waals surface area contributed by atoms with Crippen molar-refractivity contribution in [1.82, 2.24) is 14.5 Å². The molecular formula is C11H14N4. The molecule has 0 unspecified atom stereocenters. The second kappa shape index (κ2) is 3.31. The lowest BCUT2D eigenvalue weighted by atomic mass is 10.4. The SMILES string of the molecule is NCCc1nc2ncccc2n1C1CC1. The number of nitrogens with zero attached hydrogens (tertiary/aromatic N) is 3. The largest absolute Gasteiger partial charge is 0.330 e. The molecule has 1 aliphatic carbocycles. The Bertz CT molecular complexity index is 484. The molecule has 0 bridgehead atoms. The highest BCUT2D eigenvalue weighted by Crippen LogP contribution is 2.38. The molecule has 3 rings (SSSR count). The topological polar surface area (TPSA) is 56.7 Å². The molecule has 4 nitrogen and oxygen atoms in total. The number of aromatic nitrogens is 3. The molecule has 0 saturated heterocycles. The molecule has 0 radical (unpaired) electrons. The van der Waals surface area contributed by atoms with Gasteiger partial charge in [0.05, 0.1) is 5.52 Å². The molecule has 1 fully saturated rings. The lowest BCUT2D eigenvalue weighted by Crippen LogP contribution is -2.09. The first-order valence-electron chi connectivity index (χ1n) is 5.42. The van der Waals surface area contributed by atoms with Crippen LogP contribution in [0.3, 0.4) is 0 Å². The van der Waals surface area contributed by atoms with Crippen molar-refractivity contribution in [3.8, 4) is 0 Å². The van der Waals surface area contributed by atoms with Gasteiger partial charge in [0.25, 0.3) is 0 Å². The van der Waals surface area contributed by atoms with Crippen molar-refractivity contribution in [1.29, 1.82) is 0 Å². The Kier molecular flexibility index (Phi) is 1.95. The van der Waals surface area contributed by atoms with Gasteiger partial charge in [0.2, 0.25) is 0 Å². The van der Waals surface area contributed by atoms with Crippen LogP contribution in [0, 0.1) is 0 Å². The van der Waals surface area contributed by atoms with Gasteiger partial charge in [-0.3, -0.25) is 0 Å².